The highest BCUT2D eigenvalue weighted by molar-refractivity contribution is 9.10. The monoisotopic (exact) mass is 397 g/mol. The number of nitrogens with one attached hydrogen (secondary N) is 1. The molecule has 6 nitrogen and oxygen atoms in total. The van der Waals surface area contributed by atoms with Crippen LogP contribution < -0.4 is 11.2 Å². The molecule has 0 aliphatic rings. The molecule has 1 unspecified atom stereocenters. The lowest BCUT2D eigenvalue weighted by Gasteiger charge is -2.22. The van der Waals surface area contributed by atoms with E-state index >= 15 is 0 Å². The van der Waals surface area contributed by atoms with Crippen LogP contribution in [0.15, 0.2) is 33.9 Å². The molecule has 0 aliphatic heterocycles. The van der Waals surface area contributed by atoms with Gasteiger partial charge >= 0.3 is 0 Å². The number of aromatic nitrogens is 3. The summed E-state index contributed by atoms with van der Waals surface area (Å²) in [6, 6.07) is 7.64. The maximum Gasteiger partial charge on any atom is 0.233 e. The van der Waals surface area contributed by atoms with E-state index in [1.165, 1.54) is 16.4 Å². The molecule has 2 rings (SSSR count). The average Bonchev–Trinajstić information content (AvgIpc) is 2.79. The van der Waals surface area contributed by atoms with E-state index in [-0.39, 0.29) is 16.7 Å². The Balaban J connectivity index is 2.17. The number of rotatable bonds is 4. The topological polar surface area (TPSA) is 85.8 Å². The Labute approximate surface area is 148 Å². The number of amides is 1. The van der Waals surface area contributed by atoms with Crippen molar-refractivity contribution in [2.45, 2.75) is 43.6 Å². The summed E-state index contributed by atoms with van der Waals surface area (Å²) in [5.74, 6) is 6.58. The second-order valence-corrected chi connectivity index (χ2v) is 8.32. The Morgan fingerprint density at radius 2 is 2.00 bits per heavy atom. The summed E-state index contributed by atoms with van der Waals surface area (Å²) in [6.45, 7) is 7.65. The van der Waals surface area contributed by atoms with Crippen molar-refractivity contribution in [2.75, 3.05) is 5.84 Å². The molecule has 0 radical (unpaired) electrons. The Morgan fingerprint density at radius 1 is 1.35 bits per heavy atom. The predicted octanol–water partition coefficient (Wildman–Crippen LogP) is 2.82. The zero-order valence-corrected chi connectivity index (χ0v) is 15.9. The van der Waals surface area contributed by atoms with Gasteiger partial charge in [0.1, 0.15) is 0 Å². The second kappa shape index (κ2) is 6.92. The highest BCUT2D eigenvalue weighted by atomic mass is 79.9. The van der Waals surface area contributed by atoms with Gasteiger partial charge in [-0.15, -0.1) is 10.2 Å². The molecular formula is C15H20BrN5OS. The van der Waals surface area contributed by atoms with Crippen molar-refractivity contribution >= 4 is 33.6 Å². The molecule has 0 saturated carbocycles. The quantitative estimate of drug-likeness (QED) is 0.611. The smallest absolute Gasteiger partial charge is 0.233 e. The predicted molar refractivity (Wildman–Crippen MR) is 96.5 cm³/mol. The summed E-state index contributed by atoms with van der Waals surface area (Å²) in [7, 11) is 0. The number of carbonyl (C=O) groups excluding carboxylic acids is 1. The molecule has 1 aromatic heterocycles. The van der Waals surface area contributed by atoms with Crippen LogP contribution >= 0.6 is 27.7 Å². The normalized spacial score (nSPS) is 12.9. The molecule has 0 fully saturated rings. The van der Waals surface area contributed by atoms with E-state index in [0.717, 1.165) is 10.0 Å². The summed E-state index contributed by atoms with van der Waals surface area (Å²) >= 11 is 4.75. The van der Waals surface area contributed by atoms with Gasteiger partial charge in [0.2, 0.25) is 11.1 Å². The minimum absolute atomic E-state index is 0.0621. The zero-order chi connectivity index (χ0) is 17.2. The van der Waals surface area contributed by atoms with Crippen LogP contribution in [0, 0.1) is 0 Å². The molecule has 23 heavy (non-hydrogen) atoms. The van der Waals surface area contributed by atoms with Crippen molar-refractivity contribution < 1.29 is 4.79 Å². The van der Waals surface area contributed by atoms with Crippen LogP contribution in [0.2, 0.25) is 0 Å². The van der Waals surface area contributed by atoms with Crippen molar-refractivity contribution in [1.29, 1.82) is 0 Å². The standard InChI is InChI=1S/C15H20BrN5OS/c1-9(13(22)18-15(2,3)4)23-14-20-19-12(21(14)17)10-7-5-6-8-11(10)16/h5-9H,17H2,1-4H3,(H,18,22). The lowest BCUT2D eigenvalue weighted by molar-refractivity contribution is -0.121. The largest absolute Gasteiger partial charge is 0.351 e. The van der Waals surface area contributed by atoms with Gasteiger partial charge in [-0.25, -0.2) is 4.68 Å². The minimum atomic E-state index is -0.326. The lowest BCUT2D eigenvalue weighted by atomic mass is 10.1. The SMILES string of the molecule is CC(Sc1nnc(-c2ccccc2Br)n1N)C(=O)NC(C)(C)C. The second-order valence-electron chi connectivity index (χ2n) is 6.16. The van der Waals surface area contributed by atoms with Crippen LogP contribution in [-0.4, -0.2) is 31.6 Å². The Hall–Kier alpha value is -1.54. The summed E-state index contributed by atoms with van der Waals surface area (Å²) < 4.78 is 2.29. The summed E-state index contributed by atoms with van der Waals surface area (Å²) in [6.07, 6.45) is 0. The fourth-order valence-corrected chi connectivity index (χ4v) is 3.10. The fraction of sp³-hybridized carbons (Fsp3) is 0.400. The van der Waals surface area contributed by atoms with Crippen molar-refractivity contribution in [3.63, 3.8) is 0 Å². The van der Waals surface area contributed by atoms with Gasteiger partial charge in [0, 0.05) is 15.6 Å². The molecule has 1 heterocycles. The maximum atomic E-state index is 12.2. The number of carbonyl (C=O) groups is 1. The Kier molecular flexibility index (Phi) is 5.36. The molecule has 0 spiro atoms. The summed E-state index contributed by atoms with van der Waals surface area (Å²) in [5.41, 5.74) is 0.573. The molecule has 3 N–H and O–H groups in total. The van der Waals surface area contributed by atoms with Crippen LogP contribution in [0.25, 0.3) is 11.4 Å². The van der Waals surface area contributed by atoms with Gasteiger partial charge in [-0.1, -0.05) is 39.8 Å². The Bertz CT molecular complexity index is 710. The van der Waals surface area contributed by atoms with Gasteiger partial charge in [0.05, 0.1) is 5.25 Å². The molecule has 0 saturated heterocycles. The third-order valence-electron chi connectivity index (χ3n) is 2.93. The molecule has 1 atom stereocenters. The van der Waals surface area contributed by atoms with E-state index in [2.05, 4.69) is 31.4 Å². The lowest BCUT2D eigenvalue weighted by Crippen LogP contribution is -2.44. The Morgan fingerprint density at radius 3 is 2.61 bits per heavy atom. The molecule has 2 aromatic rings. The van der Waals surface area contributed by atoms with Crippen LogP contribution in [0.1, 0.15) is 27.7 Å². The van der Waals surface area contributed by atoms with Crippen molar-refractivity contribution in [1.82, 2.24) is 20.2 Å². The molecule has 1 amide bonds. The number of benzene rings is 1. The third-order valence-corrected chi connectivity index (χ3v) is 4.68. The maximum absolute atomic E-state index is 12.2. The third kappa shape index (κ3) is 4.48. The molecule has 124 valence electrons. The van der Waals surface area contributed by atoms with E-state index < -0.39 is 0 Å². The number of hydrogen-bond donors (Lipinski definition) is 2. The van der Waals surface area contributed by atoms with Crippen molar-refractivity contribution in [3.8, 4) is 11.4 Å². The van der Waals surface area contributed by atoms with Gasteiger partial charge in [-0.05, 0) is 39.8 Å². The molecule has 1 aromatic carbocycles. The first-order valence-corrected chi connectivity index (χ1v) is 8.80. The summed E-state index contributed by atoms with van der Waals surface area (Å²) in [4.78, 5) is 12.2. The molecule has 8 heteroatoms. The van der Waals surface area contributed by atoms with Crippen LogP contribution in [-0.2, 0) is 4.79 Å². The first kappa shape index (κ1) is 17.8. The van der Waals surface area contributed by atoms with Crippen LogP contribution in [0.3, 0.4) is 0 Å². The van der Waals surface area contributed by atoms with Crippen LogP contribution in [0.5, 0.6) is 0 Å². The number of nitrogens with two attached hydrogens (primary N) is 1. The molecular weight excluding hydrogens is 378 g/mol. The van der Waals surface area contributed by atoms with Gasteiger partial charge < -0.3 is 11.2 Å². The van der Waals surface area contributed by atoms with Crippen LogP contribution in [0.4, 0.5) is 0 Å². The number of halogens is 1. The van der Waals surface area contributed by atoms with Crippen molar-refractivity contribution in [2.24, 2.45) is 0 Å². The number of hydrogen-bond acceptors (Lipinski definition) is 5. The molecule has 0 aliphatic carbocycles. The first-order valence-electron chi connectivity index (χ1n) is 7.13. The van der Waals surface area contributed by atoms with Gasteiger partial charge in [0.15, 0.2) is 5.82 Å². The van der Waals surface area contributed by atoms with Crippen molar-refractivity contribution in [3.05, 3.63) is 28.7 Å². The minimum Gasteiger partial charge on any atom is -0.351 e. The van der Waals surface area contributed by atoms with E-state index in [9.17, 15) is 4.79 Å². The average molecular weight is 398 g/mol. The van der Waals surface area contributed by atoms with E-state index in [1.54, 1.807) is 0 Å². The first-order chi connectivity index (χ1) is 10.7. The van der Waals surface area contributed by atoms with Gasteiger partial charge in [-0.3, -0.25) is 4.79 Å². The van der Waals surface area contributed by atoms with E-state index in [1.807, 2.05) is 52.0 Å². The fourth-order valence-electron chi connectivity index (χ4n) is 1.87. The summed E-state index contributed by atoms with van der Waals surface area (Å²) in [5, 5.41) is 11.3. The highest BCUT2D eigenvalue weighted by Crippen LogP contribution is 2.29. The molecule has 0 bridgehead atoms. The van der Waals surface area contributed by atoms with E-state index in [4.69, 9.17) is 5.84 Å². The van der Waals surface area contributed by atoms with Gasteiger partial charge in [0.25, 0.3) is 0 Å². The number of nitrogen functional groups attached to an aromatic ring is 1. The highest BCUT2D eigenvalue weighted by Gasteiger charge is 2.23. The van der Waals surface area contributed by atoms with Gasteiger partial charge in [-0.2, -0.15) is 0 Å². The number of thioether (sulfide) groups is 1. The van der Waals surface area contributed by atoms with E-state index in [0.29, 0.717) is 11.0 Å². The number of nitrogens with zero attached hydrogens (tertiary/aromatic N) is 3. The zero-order valence-electron chi connectivity index (χ0n) is 13.5.